The van der Waals surface area contributed by atoms with E-state index >= 15 is 0 Å². The highest BCUT2D eigenvalue weighted by Gasteiger charge is 2.36. The van der Waals surface area contributed by atoms with Gasteiger partial charge in [-0.05, 0) is 49.6 Å². The predicted octanol–water partition coefficient (Wildman–Crippen LogP) is 4.35. The number of hydrogen-bond acceptors (Lipinski definition) is 5. The van der Waals surface area contributed by atoms with Crippen molar-refractivity contribution in [3.8, 4) is 6.07 Å². The van der Waals surface area contributed by atoms with Gasteiger partial charge >= 0.3 is 0 Å². The highest BCUT2D eigenvalue weighted by Crippen LogP contribution is 2.50. The van der Waals surface area contributed by atoms with Crippen molar-refractivity contribution < 1.29 is 5.11 Å². The van der Waals surface area contributed by atoms with E-state index in [1.165, 1.54) is 15.5 Å². The van der Waals surface area contributed by atoms with E-state index in [0.29, 0.717) is 5.56 Å². The van der Waals surface area contributed by atoms with Crippen LogP contribution in [0.5, 0.6) is 0 Å². The van der Waals surface area contributed by atoms with Crippen LogP contribution >= 0.6 is 11.8 Å². The van der Waals surface area contributed by atoms with Gasteiger partial charge in [-0.25, -0.2) is 0 Å². The molecule has 2 aliphatic heterocycles. The molecule has 26 heavy (non-hydrogen) atoms. The molecule has 0 amide bonds. The summed E-state index contributed by atoms with van der Waals surface area (Å²) >= 11 is 1.76. The monoisotopic (exact) mass is 365 g/mol. The lowest BCUT2D eigenvalue weighted by atomic mass is 10.1. The first-order valence-electron chi connectivity index (χ1n) is 9.23. The summed E-state index contributed by atoms with van der Waals surface area (Å²) in [5.74, 6) is 0. The average molecular weight is 366 g/mol. The summed E-state index contributed by atoms with van der Waals surface area (Å²) in [5, 5.41) is 19.2. The van der Waals surface area contributed by atoms with Gasteiger partial charge in [0.1, 0.15) is 0 Å². The van der Waals surface area contributed by atoms with Crippen LogP contribution in [0.3, 0.4) is 0 Å². The second-order valence-electron chi connectivity index (χ2n) is 6.84. The van der Waals surface area contributed by atoms with Gasteiger partial charge in [-0.15, -0.1) is 0 Å². The van der Waals surface area contributed by atoms with Crippen molar-refractivity contribution in [2.75, 3.05) is 18.1 Å². The molecule has 0 aliphatic carbocycles. The van der Waals surface area contributed by atoms with Gasteiger partial charge in [0.15, 0.2) is 0 Å². The first kappa shape index (κ1) is 17.4. The Labute approximate surface area is 159 Å². The molecule has 2 atom stereocenters. The average Bonchev–Trinajstić information content (AvgIpc) is 3.16. The molecule has 1 unspecified atom stereocenters. The number of nitriles is 1. The minimum atomic E-state index is 0.171. The largest absolute Gasteiger partial charge is 0.395 e. The fourth-order valence-electron chi connectivity index (χ4n) is 4.19. The molecule has 2 aromatic rings. The van der Waals surface area contributed by atoms with E-state index in [1.54, 1.807) is 11.8 Å². The molecule has 1 fully saturated rings. The summed E-state index contributed by atoms with van der Waals surface area (Å²) in [7, 11) is 0. The second kappa shape index (κ2) is 7.32. The molecule has 0 spiro atoms. The van der Waals surface area contributed by atoms with E-state index < -0.39 is 0 Å². The Morgan fingerprint density at radius 3 is 2.81 bits per heavy atom. The molecule has 0 bridgehead atoms. The summed E-state index contributed by atoms with van der Waals surface area (Å²) < 4.78 is 0. The fraction of sp³-hybridized carbons (Fsp3) is 0.381. The third-order valence-electron chi connectivity index (χ3n) is 5.37. The van der Waals surface area contributed by atoms with Crippen LogP contribution in [0.4, 0.5) is 11.4 Å². The Morgan fingerprint density at radius 2 is 2.04 bits per heavy atom. The van der Waals surface area contributed by atoms with Crippen LogP contribution in [0.1, 0.15) is 31.7 Å². The van der Waals surface area contributed by atoms with Gasteiger partial charge in [-0.2, -0.15) is 5.26 Å². The van der Waals surface area contributed by atoms with Gasteiger partial charge in [0, 0.05) is 22.4 Å². The Hall–Kier alpha value is -2.00. The maximum atomic E-state index is 9.84. The van der Waals surface area contributed by atoms with E-state index in [1.807, 2.05) is 12.1 Å². The zero-order valence-electron chi connectivity index (χ0n) is 14.9. The molecule has 0 aromatic heterocycles. The Bertz CT molecular complexity index is 847. The fourth-order valence-corrected chi connectivity index (χ4v) is 5.24. The molecule has 2 aromatic carbocycles. The van der Waals surface area contributed by atoms with Crippen molar-refractivity contribution in [1.82, 2.24) is 4.90 Å². The summed E-state index contributed by atoms with van der Waals surface area (Å²) in [6.45, 7) is 3.41. The minimum absolute atomic E-state index is 0.171. The lowest BCUT2D eigenvalue weighted by Gasteiger charge is -2.44. The summed E-state index contributed by atoms with van der Waals surface area (Å²) in [5.41, 5.74) is 2.97. The standard InChI is InChI=1S/C21H23N3OS/c1-2-21(23-11-5-6-16(23)14-25)24-17-7-3-4-8-19(17)26-20-10-9-15(13-22)12-18(20)24/h3-4,7-10,12,16,21,25H,2,5-6,11,14H2,1H3/t16-,21?/m1/s1. The maximum absolute atomic E-state index is 9.84. The third-order valence-corrected chi connectivity index (χ3v) is 6.50. The Balaban J connectivity index is 1.85. The van der Waals surface area contributed by atoms with E-state index in [9.17, 15) is 10.4 Å². The quantitative estimate of drug-likeness (QED) is 0.873. The number of anilines is 2. The maximum Gasteiger partial charge on any atom is 0.0992 e. The predicted molar refractivity (Wildman–Crippen MR) is 105 cm³/mol. The molecule has 1 N–H and O–H groups in total. The topological polar surface area (TPSA) is 50.5 Å². The SMILES string of the molecule is CCC(N1c2ccccc2Sc2ccc(C#N)cc21)N1CCC[C@@H]1CO. The van der Waals surface area contributed by atoms with Crippen LogP contribution in [0.25, 0.3) is 0 Å². The number of fused-ring (bicyclic) bond motifs is 2. The molecule has 4 rings (SSSR count). The van der Waals surface area contributed by atoms with Gasteiger partial charge in [-0.3, -0.25) is 4.90 Å². The summed E-state index contributed by atoms with van der Waals surface area (Å²) in [6, 6.07) is 16.9. The number of nitrogens with zero attached hydrogens (tertiary/aromatic N) is 3. The molecular formula is C21H23N3OS. The van der Waals surface area contributed by atoms with Crippen molar-refractivity contribution in [2.45, 2.75) is 48.2 Å². The van der Waals surface area contributed by atoms with Crippen LogP contribution in [-0.2, 0) is 0 Å². The minimum Gasteiger partial charge on any atom is -0.395 e. The van der Waals surface area contributed by atoms with Crippen LogP contribution in [0, 0.1) is 11.3 Å². The van der Waals surface area contributed by atoms with E-state index in [4.69, 9.17) is 0 Å². The number of likely N-dealkylation sites (tertiary alicyclic amines) is 1. The van der Waals surface area contributed by atoms with E-state index in [0.717, 1.165) is 31.5 Å². The number of aliphatic hydroxyl groups is 1. The molecule has 0 saturated carbocycles. The first-order valence-corrected chi connectivity index (χ1v) is 10.0. The lowest BCUT2D eigenvalue weighted by Crippen LogP contribution is -2.50. The van der Waals surface area contributed by atoms with Crippen molar-refractivity contribution in [3.63, 3.8) is 0 Å². The summed E-state index contributed by atoms with van der Waals surface area (Å²) in [4.78, 5) is 7.25. The molecule has 5 heteroatoms. The van der Waals surface area contributed by atoms with Gasteiger partial charge in [0.05, 0.1) is 35.8 Å². The van der Waals surface area contributed by atoms with Crippen molar-refractivity contribution in [1.29, 1.82) is 5.26 Å². The van der Waals surface area contributed by atoms with Crippen molar-refractivity contribution in [2.24, 2.45) is 0 Å². The van der Waals surface area contributed by atoms with Gasteiger partial charge in [0.25, 0.3) is 0 Å². The van der Waals surface area contributed by atoms with Crippen LogP contribution in [0.2, 0.25) is 0 Å². The number of rotatable bonds is 4. The zero-order chi connectivity index (χ0) is 18.1. The smallest absolute Gasteiger partial charge is 0.0992 e. The van der Waals surface area contributed by atoms with Crippen LogP contribution < -0.4 is 4.90 Å². The highest BCUT2D eigenvalue weighted by molar-refractivity contribution is 7.99. The highest BCUT2D eigenvalue weighted by atomic mass is 32.2. The van der Waals surface area contributed by atoms with E-state index in [2.05, 4.69) is 53.1 Å². The Kier molecular flexibility index (Phi) is 4.90. The molecule has 4 nitrogen and oxygen atoms in total. The van der Waals surface area contributed by atoms with Crippen LogP contribution in [0.15, 0.2) is 52.3 Å². The molecule has 2 aliphatic rings. The molecule has 0 radical (unpaired) electrons. The summed E-state index contributed by atoms with van der Waals surface area (Å²) in [6.07, 6.45) is 3.29. The number of benzene rings is 2. The second-order valence-corrected chi connectivity index (χ2v) is 7.92. The zero-order valence-corrected chi connectivity index (χ0v) is 15.7. The van der Waals surface area contributed by atoms with Crippen LogP contribution in [-0.4, -0.2) is 35.4 Å². The normalized spacial score (nSPS) is 20.3. The lowest BCUT2D eigenvalue weighted by molar-refractivity contribution is 0.118. The van der Waals surface area contributed by atoms with Crippen molar-refractivity contribution >= 4 is 23.1 Å². The Morgan fingerprint density at radius 1 is 1.23 bits per heavy atom. The third kappa shape index (κ3) is 2.88. The van der Waals surface area contributed by atoms with Gasteiger partial charge in [0.2, 0.25) is 0 Å². The molecule has 134 valence electrons. The molecular weight excluding hydrogens is 342 g/mol. The van der Waals surface area contributed by atoms with E-state index in [-0.39, 0.29) is 18.8 Å². The van der Waals surface area contributed by atoms with Gasteiger partial charge in [-0.1, -0.05) is 30.8 Å². The van der Waals surface area contributed by atoms with Crippen molar-refractivity contribution in [3.05, 3.63) is 48.0 Å². The number of aliphatic hydroxyl groups excluding tert-OH is 1. The van der Waals surface area contributed by atoms with Gasteiger partial charge < -0.3 is 10.0 Å². The molecule has 2 heterocycles. The first-order chi connectivity index (χ1) is 12.8. The number of hydrogen-bond donors (Lipinski definition) is 1. The molecule has 1 saturated heterocycles. The number of para-hydroxylation sites is 1.